The molecule has 1 fully saturated rings. The first-order chi connectivity index (χ1) is 6.77. The maximum absolute atomic E-state index is 9.84. The van der Waals surface area contributed by atoms with Crippen molar-refractivity contribution in [1.29, 1.82) is 0 Å². The Balaban J connectivity index is 2.06. The van der Waals surface area contributed by atoms with Crippen LogP contribution in [0.3, 0.4) is 0 Å². The maximum Gasteiger partial charge on any atom is 0.0931 e. The van der Waals surface area contributed by atoms with Gasteiger partial charge in [-0.05, 0) is 24.5 Å². The van der Waals surface area contributed by atoms with Gasteiger partial charge in [0, 0.05) is 6.42 Å². The van der Waals surface area contributed by atoms with Crippen LogP contribution in [0.4, 0.5) is 0 Å². The Morgan fingerprint density at radius 1 is 1.43 bits per heavy atom. The van der Waals surface area contributed by atoms with Crippen molar-refractivity contribution in [2.45, 2.75) is 24.9 Å². The third-order valence-electron chi connectivity index (χ3n) is 2.88. The number of hydrogen-bond donors (Lipinski definition) is 2. The Hall–Kier alpha value is -1.35. The van der Waals surface area contributed by atoms with Crippen molar-refractivity contribution < 1.29 is 5.11 Å². The molecule has 1 aromatic carbocycles. The minimum Gasteiger partial charge on any atom is -0.390 e. The van der Waals surface area contributed by atoms with Crippen molar-refractivity contribution in [3.8, 4) is 0 Å². The number of hydrogen-bond acceptors (Lipinski definition) is 2. The van der Waals surface area contributed by atoms with Gasteiger partial charge in [-0.1, -0.05) is 12.1 Å². The lowest BCUT2D eigenvalue weighted by molar-refractivity contribution is 0.151. The zero-order chi connectivity index (χ0) is 9.60. The Morgan fingerprint density at radius 2 is 2.29 bits per heavy atom. The Bertz CT molecular complexity index is 471. The smallest absolute Gasteiger partial charge is 0.0931 e. The van der Waals surface area contributed by atoms with Gasteiger partial charge in [-0.25, -0.2) is 4.98 Å². The fourth-order valence-corrected chi connectivity index (χ4v) is 1.84. The van der Waals surface area contributed by atoms with Gasteiger partial charge in [0.15, 0.2) is 0 Å². The van der Waals surface area contributed by atoms with Crippen LogP contribution >= 0.6 is 0 Å². The zero-order valence-electron chi connectivity index (χ0n) is 7.83. The second kappa shape index (κ2) is 2.58. The van der Waals surface area contributed by atoms with E-state index in [0.717, 1.165) is 35.9 Å². The number of aliphatic hydroxyl groups is 1. The van der Waals surface area contributed by atoms with Crippen LogP contribution < -0.4 is 0 Å². The minimum absolute atomic E-state index is 0.437. The molecule has 2 N–H and O–H groups in total. The molecule has 0 bridgehead atoms. The highest BCUT2D eigenvalue weighted by atomic mass is 16.3. The van der Waals surface area contributed by atoms with Crippen molar-refractivity contribution in [1.82, 2.24) is 9.97 Å². The fraction of sp³-hybridized carbons (Fsp3) is 0.364. The lowest BCUT2D eigenvalue weighted by atomic mass is 10.1. The molecule has 1 saturated carbocycles. The number of imidazole rings is 1. The van der Waals surface area contributed by atoms with Crippen LogP contribution in [0, 0.1) is 0 Å². The number of nitrogens with zero attached hydrogens (tertiary/aromatic N) is 1. The maximum atomic E-state index is 9.84. The summed E-state index contributed by atoms with van der Waals surface area (Å²) in [5, 5.41) is 9.84. The standard InChI is InChI=1S/C11H12N2O/c14-11(4-5-11)6-8-2-1-3-9-10(8)13-7-12-9/h1-3,7,14H,4-6H2,(H,12,13). The molecule has 1 heterocycles. The second-order valence-corrected chi connectivity index (χ2v) is 4.12. The predicted molar refractivity (Wildman–Crippen MR) is 54.0 cm³/mol. The molecule has 3 rings (SSSR count). The van der Waals surface area contributed by atoms with Crippen LogP contribution in [0.25, 0.3) is 11.0 Å². The van der Waals surface area contributed by atoms with Gasteiger partial charge in [-0.2, -0.15) is 0 Å². The SMILES string of the molecule is OC1(Cc2cccc3[nH]cnc23)CC1. The number of para-hydroxylation sites is 1. The third-order valence-corrected chi connectivity index (χ3v) is 2.88. The monoisotopic (exact) mass is 188 g/mol. The first-order valence-corrected chi connectivity index (χ1v) is 4.90. The van der Waals surface area contributed by atoms with Crippen LogP contribution in [0.1, 0.15) is 18.4 Å². The lowest BCUT2D eigenvalue weighted by Gasteiger charge is -2.07. The summed E-state index contributed by atoms with van der Waals surface area (Å²) in [5.74, 6) is 0. The highest BCUT2D eigenvalue weighted by Gasteiger charge is 2.40. The van der Waals surface area contributed by atoms with E-state index in [1.165, 1.54) is 0 Å². The highest BCUT2D eigenvalue weighted by molar-refractivity contribution is 5.78. The van der Waals surface area contributed by atoms with Gasteiger partial charge in [0.1, 0.15) is 0 Å². The average molecular weight is 188 g/mol. The van der Waals surface area contributed by atoms with Crippen molar-refractivity contribution in [2.24, 2.45) is 0 Å². The molecule has 1 aliphatic carbocycles. The molecule has 72 valence electrons. The summed E-state index contributed by atoms with van der Waals surface area (Å²) in [4.78, 5) is 7.34. The summed E-state index contributed by atoms with van der Waals surface area (Å²) in [6.45, 7) is 0. The minimum atomic E-state index is -0.437. The number of benzene rings is 1. The van der Waals surface area contributed by atoms with Crippen molar-refractivity contribution >= 4 is 11.0 Å². The molecule has 2 aromatic rings. The number of rotatable bonds is 2. The number of nitrogens with one attached hydrogen (secondary N) is 1. The molecule has 1 aliphatic rings. The van der Waals surface area contributed by atoms with Crippen LogP contribution in [0.15, 0.2) is 24.5 Å². The Kier molecular flexibility index (Phi) is 1.47. The summed E-state index contributed by atoms with van der Waals surface area (Å²) in [5.41, 5.74) is 2.75. The van der Waals surface area contributed by atoms with Crippen molar-refractivity contribution in [3.05, 3.63) is 30.1 Å². The summed E-state index contributed by atoms with van der Waals surface area (Å²) in [6.07, 6.45) is 4.28. The highest BCUT2D eigenvalue weighted by Crippen LogP contribution is 2.39. The van der Waals surface area contributed by atoms with Gasteiger partial charge in [0.2, 0.25) is 0 Å². The molecule has 0 unspecified atom stereocenters. The largest absolute Gasteiger partial charge is 0.390 e. The van der Waals surface area contributed by atoms with E-state index in [-0.39, 0.29) is 0 Å². The Labute approximate surface area is 81.8 Å². The molecular formula is C11H12N2O. The van der Waals surface area contributed by atoms with E-state index in [9.17, 15) is 5.11 Å². The number of aromatic amines is 1. The number of fused-ring (bicyclic) bond motifs is 1. The molecule has 3 nitrogen and oxygen atoms in total. The predicted octanol–water partition coefficient (Wildman–Crippen LogP) is 1.63. The van der Waals surface area contributed by atoms with E-state index in [0.29, 0.717) is 0 Å². The first-order valence-electron chi connectivity index (χ1n) is 4.90. The normalized spacial score (nSPS) is 18.6. The first kappa shape index (κ1) is 8.00. The van der Waals surface area contributed by atoms with E-state index in [1.807, 2.05) is 18.2 Å². The van der Waals surface area contributed by atoms with Crippen LogP contribution in [0.2, 0.25) is 0 Å². The molecule has 0 amide bonds. The molecule has 0 saturated heterocycles. The van der Waals surface area contributed by atoms with Gasteiger partial charge < -0.3 is 10.1 Å². The lowest BCUT2D eigenvalue weighted by Crippen LogP contribution is -2.10. The topological polar surface area (TPSA) is 48.9 Å². The number of H-pyrrole nitrogens is 1. The molecular weight excluding hydrogens is 176 g/mol. The molecule has 0 atom stereocenters. The summed E-state index contributed by atoms with van der Waals surface area (Å²) in [6, 6.07) is 6.05. The average Bonchev–Trinajstić information content (AvgIpc) is 2.73. The van der Waals surface area contributed by atoms with E-state index >= 15 is 0 Å². The van der Waals surface area contributed by atoms with Gasteiger partial charge in [0.25, 0.3) is 0 Å². The van der Waals surface area contributed by atoms with Gasteiger partial charge >= 0.3 is 0 Å². The van der Waals surface area contributed by atoms with E-state index < -0.39 is 5.60 Å². The molecule has 3 heteroatoms. The van der Waals surface area contributed by atoms with E-state index in [1.54, 1.807) is 6.33 Å². The second-order valence-electron chi connectivity index (χ2n) is 4.12. The molecule has 0 radical (unpaired) electrons. The summed E-state index contributed by atoms with van der Waals surface area (Å²) < 4.78 is 0. The molecule has 0 aliphatic heterocycles. The summed E-state index contributed by atoms with van der Waals surface area (Å²) >= 11 is 0. The fourth-order valence-electron chi connectivity index (χ4n) is 1.84. The van der Waals surface area contributed by atoms with Gasteiger partial charge in [-0.15, -0.1) is 0 Å². The van der Waals surface area contributed by atoms with Crippen LogP contribution in [0.5, 0.6) is 0 Å². The van der Waals surface area contributed by atoms with Gasteiger partial charge in [-0.3, -0.25) is 0 Å². The van der Waals surface area contributed by atoms with E-state index in [4.69, 9.17) is 0 Å². The van der Waals surface area contributed by atoms with Crippen LogP contribution in [-0.4, -0.2) is 20.7 Å². The van der Waals surface area contributed by atoms with Gasteiger partial charge in [0.05, 0.1) is 23.0 Å². The van der Waals surface area contributed by atoms with Crippen molar-refractivity contribution in [2.75, 3.05) is 0 Å². The summed E-state index contributed by atoms with van der Waals surface area (Å²) in [7, 11) is 0. The third kappa shape index (κ3) is 1.21. The van der Waals surface area contributed by atoms with Crippen LogP contribution in [-0.2, 0) is 6.42 Å². The molecule has 1 aromatic heterocycles. The Morgan fingerprint density at radius 3 is 3.07 bits per heavy atom. The quantitative estimate of drug-likeness (QED) is 0.752. The zero-order valence-corrected chi connectivity index (χ0v) is 7.83. The molecule has 14 heavy (non-hydrogen) atoms. The van der Waals surface area contributed by atoms with Crippen molar-refractivity contribution in [3.63, 3.8) is 0 Å². The molecule has 0 spiro atoms. The number of aromatic nitrogens is 2. The van der Waals surface area contributed by atoms with E-state index in [2.05, 4.69) is 9.97 Å².